The molecule has 0 atom stereocenters. The molecule has 2 rings (SSSR count). The smallest absolute Gasteiger partial charge is 0.337 e. The van der Waals surface area contributed by atoms with E-state index in [0.717, 1.165) is 31.8 Å². The first-order valence-electron chi connectivity index (χ1n) is 7.10. The zero-order chi connectivity index (χ0) is 14.5. The summed E-state index contributed by atoms with van der Waals surface area (Å²) in [5.74, 6) is -0.403. The average Bonchev–Trinajstić information content (AvgIpc) is 2.48. The Labute approximate surface area is 118 Å². The van der Waals surface area contributed by atoms with Crippen LogP contribution < -0.4 is 0 Å². The topological polar surface area (TPSA) is 70.5 Å². The van der Waals surface area contributed by atoms with Gasteiger partial charge in [0.2, 0.25) is 0 Å². The Morgan fingerprint density at radius 3 is 2.55 bits per heavy atom. The molecule has 20 heavy (non-hydrogen) atoms. The summed E-state index contributed by atoms with van der Waals surface area (Å²) in [7, 11) is 0. The highest BCUT2D eigenvalue weighted by molar-refractivity contribution is 5.93. The Kier molecular flexibility index (Phi) is 4.71. The van der Waals surface area contributed by atoms with Gasteiger partial charge in [0.25, 0.3) is 5.91 Å². The summed E-state index contributed by atoms with van der Waals surface area (Å²) in [6.45, 7) is 3.73. The first-order chi connectivity index (χ1) is 9.61. The van der Waals surface area contributed by atoms with E-state index in [9.17, 15) is 9.59 Å². The van der Waals surface area contributed by atoms with Crippen LogP contribution in [0.2, 0.25) is 0 Å². The average molecular weight is 276 g/mol. The van der Waals surface area contributed by atoms with Crippen molar-refractivity contribution >= 4 is 11.9 Å². The van der Waals surface area contributed by atoms with Crippen molar-refractivity contribution in [3.8, 4) is 0 Å². The molecule has 1 aliphatic heterocycles. The number of aromatic carboxylic acids is 1. The predicted octanol–water partition coefficient (Wildman–Crippen LogP) is 2.43. The number of piperidine rings is 1. The van der Waals surface area contributed by atoms with Crippen LogP contribution in [0.5, 0.6) is 0 Å². The van der Waals surface area contributed by atoms with E-state index in [2.05, 4.69) is 11.9 Å². The number of nitrogens with zero attached hydrogens (tertiary/aromatic N) is 2. The number of hydrogen-bond donors (Lipinski definition) is 1. The summed E-state index contributed by atoms with van der Waals surface area (Å²) in [5.41, 5.74) is 0.423. The number of rotatable bonds is 4. The van der Waals surface area contributed by atoms with E-state index in [0.29, 0.717) is 5.69 Å². The van der Waals surface area contributed by atoms with Gasteiger partial charge in [-0.3, -0.25) is 9.78 Å². The Hall–Kier alpha value is -1.91. The van der Waals surface area contributed by atoms with E-state index >= 15 is 0 Å². The van der Waals surface area contributed by atoms with Gasteiger partial charge in [-0.05, 0) is 30.9 Å². The summed E-state index contributed by atoms with van der Waals surface area (Å²) in [6.07, 6.45) is 5.75. The zero-order valence-corrected chi connectivity index (χ0v) is 11.7. The fourth-order valence-electron chi connectivity index (χ4n) is 2.64. The number of carboxylic acids is 1. The first kappa shape index (κ1) is 14.5. The maximum Gasteiger partial charge on any atom is 0.337 e. The summed E-state index contributed by atoms with van der Waals surface area (Å²) in [6, 6.07) is 2.91. The fourth-order valence-corrected chi connectivity index (χ4v) is 2.64. The van der Waals surface area contributed by atoms with Crippen LogP contribution in [0.15, 0.2) is 18.3 Å². The van der Waals surface area contributed by atoms with Crippen molar-refractivity contribution in [2.75, 3.05) is 13.1 Å². The molecule has 1 amide bonds. The second kappa shape index (κ2) is 6.50. The number of amides is 1. The molecule has 0 aliphatic carbocycles. The van der Waals surface area contributed by atoms with Crippen LogP contribution in [-0.4, -0.2) is 40.0 Å². The van der Waals surface area contributed by atoms with Crippen LogP contribution >= 0.6 is 0 Å². The molecule has 1 N–H and O–H groups in total. The molecule has 0 radical (unpaired) electrons. The Morgan fingerprint density at radius 2 is 2.05 bits per heavy atom. The van der Waals surface area contributed by atoms with Crippen LogP contribution in [-0.2, 0) is 0 Å². The van der Waals surface area contributed by atoms with Gasteiger partial charge in [-0.25, -0.2) is 4.79 Å². The van der Waals surface area contributed by atoms with E-state index in [1.54, 1.807) is 0 Å². The molecule has 2 heterocycles. The summed E-state index contributed by atoms with van der Waals surface area (Å²) < 4.78 is 0. The van der Waals surface area contributed by atoms with Gasteiger partial charge in [0, 0.05) is 19.3 Å². The Balaban J connectivity index is 1.96. The minimum absolute atomic E-state index is 0.100. The maximum atomic E-state index is 12.3. The van der Waals surface area contributed by atoms with Crippen molar-refractivity contribution in [2.45, 2.75) is 32.6 Å². The molecule has 108 valence electrons. The maximum absolute atomic E-state index is 12.3. The monoisotopic (exact) mass is 276 g/mol. The lowest BCUT2D eigenvalue weighted by atomic mass is 9.92. The highest BCUT2D eigenvalue weighted by atomic mass is 16.4. The van der Waals surface area contributed by atoms with Crippen molar-refractivity contribution in [3.63, 3.8) is 0 Å². The van der Waals surface area contributed by atoms with E-state index in [-0.39, 0.29) is 11.5 Å². The molecule has 5 nitrogen and oxygen atoms in total. The molecule has 0 unspecified atom stereocenters. The van der Waals surface area contributed by atoms with E-state index < -0.39 is 5.97 Å². The van der Waals surface area contributed by atoms with E-state index in [1.165, 1.54) is 31.2 Å². The van der Waals surface area contributed by atoms with Gasteiger partial charge in [0.1, 0.15) is 5.69 Å². The van der Waals surface area contributed by atoms with Gasteiger partial charge in [-0.2, -0.15) is 0 Å². The van der Waals surface area contributed by atoms with Gasteiger partial charge in [-0.1, -0.05) is 19.8 Å². The SMILES string of the molecule is CCCC1CCN(C(=O)c2ccc(C(=O)O)cn2)CC1. The van der Waals surface area contributed by atoms with Crippen LogP contribution in [0, 0.1) is 5.92 Å². The van der Waals surface area contributed by atoms with Crippen molar-refractivity contribution in [1.82, 2.24) is 9.88 Å². The number of likely N-dealkylation sites (tertiary alicyclic amines) is 1. The standard InChI is InChI=1S/C15H20N2O3/c1-2-3-11-6-8-17(9-7-11)14(18)13-5-4-12(10-16-13)15(19)20/h4-5,10-11H,2-3,6-9H2,1H3,(H,19,20). The van der Waals surface area contributed by atoms with Crippen LogP contribution in [0.3, 0.4) is 0 Å². The van der Waals surface area contributed by atoms with Crippen LogP contribution in [0.1, 0.15) is 53.5 Å². The summed E-state index contributed by atoms with van der Waals surface area (Å²) in [5, 5.41) is 8.81. The highest BCUT2D eigenvalue weighted by Crippen LogP contribution is 2.22. The number of carbonyl (C=O) groups excluding carboxylic acids is 1. The minimum Gasteiger partial charge on any atom is -0.478 e. The van der Waals surface area contributed by atoms with Crippen molar-refractivity contribution in [1.29, 1.82) is 0 Å². The number of aromatic nitrogens is 1. The van der Waals surface area contributed by atoms with Gasteiger partial charge >= 0.3 is 5.97 Å². The third kappa shape index (κ3) is 3.35. The van der Waals surface area contributed by atoms with Gasteiger partial charge < -0.3 is 10.0 Å². The molecular formula is C15H20N2O3. The second-order valence-corrected chi connectivity index (χ2v) is 5.26. The summed E-state index contributed by atoms with van der Waals surface area (Å²) >= 11 is 0. The molecule has 1 saturated heterocycles. The number of carbonyl (C=O) groups is 2. The largest absolute Gasteiger partial charge is 0.478 e. The van der Waals surface area contributed by atoms with Crippen LogP contribution in [0.4, 0.5) is 0 Å². The minimum atomic E-state index is -1.03. The number of hydrogen-bond acceptors (Lipinski definition) is 3. The first-order valence-corrected chi connectivity index (χ1v) is 7.10. The fraction of sp³-hybridized carbons (Fsp3) is 0.533. The molecule has 0 bridgehead atoms. The Morgan fingerprint density at radius 1 is 1.35 bits per heavy atom. The van der Waals surface area contributed by atoms with E-state index in [4.69, 9.17) is 5.11 Å². The van der Waals surface area contributed by atoms with Crippen molar-refractivity contribution in [3.05, 3.63) is 29.6 Å². The quantitative estimate of drug-likeness (QED) is 0.917. The third-order valence-corrected chi connectivity index (χ3v) is 3.83. The zero-order valence-electron chi connectivity index (χ0n) is 11.7. The van der Waals surface area contributed by atoms with E-state index in [1.807, 2.05) is 4.90 Å². The highest BCUT2D eigenvalue weighted by Gasteiger charge is 2.23. The van der Waals surface area contributed by atoms with Gasteiger partial charge in [0.05, 0.1) is 5.56 Å². The third-order valence-electron chi connectivity index (χ3n) is 3.83. The number of carboxylic acid groups (broad SMARTS) is 1. The van der Waals surface area contributed by atoms with Crippen molar-refractivity contribution in [2.24, 2.45) is 5.92 Å². The molecule has 0 spiro atoms. The molecule has 0 saturated carbocycles. The molecular weight excluding hydrogens is 256 g/mol. The normalized spacial score (nSPS) is 16.1. The van der Waals surface area contributed by atoms with Gasteiger partial charge in [0.15, 0.2) is 0 Å². The Bertz CT molecular complexity index is 476. The molecule has 0 aromatic carbocycles. The van der Waals surface area contributed by atoms with Crippen LogP contribution in [0.25, 0.3) is 0 Å². The lowest BCUT2D eigenvalue weighted by molar-refractivity contribution is 0.0671. The van der Waals surface area contributed by atoms with Crippen molar-refractivity contribution < 1.29 is 14.7 Å². The lowest BCUT2D eigenvalue weighted by Crippen LogP contribution is -2.38. The molecule has 1 fully saturated rings. The molecule has 1 aliphatic rings. The second-order valence-electron chi connectivity index (χ2n) is 5.26. The molecule has 1 aromatic heterocycles. The van der Waals surface area contributed by atoms with Gasteiger partial charge in [-0.15, -0.1) is 0 Å². The predicted molar refractivity (Wildman–Crippen MR) is 74.7 cm³/mol. The molecule has 1 aromatic rings. The lowest BCUT2D eigenvalue weighted by Gasteiger charge is -2.31. The molecule has 5 heteroatoms. The summed E-state index contributed by atoms with van der Waals surface area (Å²) in [4.78, 5) is 28.8. The number of pyridine rings is 1.